The molecule has 2 aromatic carbocycles. The van der Waals surface area contributed by atoms with E-state index in [1.807, 2.05) is 42.1 Å². The summed E-state index contributed by atoms with van der Waals surface area (Å²) in [6.45, 7) is -0.175. The Bertz CT molecular complexity index is 954. The standard InChI is InChI=1S/C19H18N4O3S/c1-23-10-9-21-19(23)27-16-7-5-14(6-8-16)22-17(24)12-26-15-4-2-3-13(11-15)18(20)25/h2-11H,12H2,1H3,(H2,20,25)(H,22,24). The Hall–Kier alpha value is -3.26. The van der Waals surface area contributed by atoms with E-state index in [9.17, 15) is 9.59 Å². The molecule has 3 N–H and O–H groups in total. The second-order valence-electron chi connectivity index (χ2n) is 5.68. The Balaban J connectivity index is 1.52. The van der Waals surface area contributed by atoms with Crippen LogP contribution in [0.25, 0.3) is 0 Å². The molecule has 0 atom stereocenters. The van der Waals surface area contributed by atoms with Crippen LogP contribution in [0, 0.1) is 0 Å². The zero-order valence-electron chi connectivity index (χ0n) is 14.6. The van der Waals surface area contributed by atoms with E-state index in [1.165, 1.54) is 17.8 Å². The van der Waals surface area contributed by atoms with Gasteiger partial charge in [-0.05, 0) is 42.5 Å². The van der Waals surface area contributed by atoms with E-state index in [1.54, 1.807) is 24.4 Å². The zero-order chi connectivity index (χ0) is 19.2. The molecule has 0 aliphatic rings. The first kappa shape index (κ1) is 18.5. The number of benzene rings is 2. The summed E-state index contributed by atoms with van der Waals surface area (Å²) in [5.74, 6) is -0.444. The Morgan fingerprint density at radius 3 is 2.67 bits per heavy atom. The van der Waals surface area contributed by atoms with Crippen LogP contribution in [0.3, 0.4) is 0 Å². The maximum atomic E-state index is 12.0. The first-order chi connectivity index (χ1) is 13.0. The van der Waals surface area contributed by atoms with Gasteiger partial charge in [-0.25, -0.2) is 4.98 Å². The fourth-order valence-electron chi connectivity index (χ4n) is 2.25. The summed E-state index contributed by atoms with van der Waals surface area (Å²) < 4.78 is 7.34. The number of primary amides is 1. The van der Waals surface area contributed by atoms with Crippen molar-refractivity contribution in [2.75, 3.05) is 11.9 Å². The summed E-state index contributed by atoms with van der Waals surface area (Å²) in [7, 11) is 1.93. The number of amides is 2. The number of nitrogens with zero attached hydrogens (tertiary/aromatic N) is 2. The number of rotatable bonds is 7. The largest absolute Gasteiger partial charge is 0.484 e. The highest BCUT2D eigenvalue weighted by Crippen LogP contribution is 2.26. The number of carbonyl (C=O) groups is 2. The topological polar surface area (TPSA) is 99.2 Å². The SMILES string of the molecule is Cn1ccnc1Sc1ccc(NC(=O)COc2cccc(C(N)=O)c2)cc1. The van der Waals surface area contributed by atoms with Crippen LogP contribution in [0.1, 0.15) is 10.4 Å². The van der Waals surface area contributed by atoms with Gasteiger partial charge < -0.3 is 20.4 Å². The fraction of sp³-hybridized carbons (Fsp3) is 0.105. The van der Waals surface area contributed by atoms with Crippen molar-refractivity contribution in [3.05, 3.63) is 66.5 Å². The van der Waals surface area contributed by atoms with E-state index in [0.717, 1.165) is 10.1 Å². The number of hydrogen-bond acceptors (Lipinski definition) is 5. The van der Waals surface area contributed by atoms with E-state index in [4.69, 9.17) is 10.5 Å². The Labute approximate surface area is 160 Å². The predicted octanol–water partition coefficient (Wildman–Crippen LogP) is 2.69. The van der Waals surface area contributed by atoms with Crippen LogP contribution in [0.5, 0.6) is 5.75 Å². The van der Waals surface area contributed by atoms with Gasteiger partial charge >= 0.3 is 0 Å². The molecule has 138 valence electrons. The van der Waals surface area contributed by atoms with Crippen molar-refractivity contribution >= 4 is 29.3 Å². The molecule has 0 aliphatic heterocycles. The normalized spacial score (nSPS) is 10.4. The Morgan fingerprint density at radius 1 is 1.22 bits per heavy atom. The van der Waals surface area contributed by atoms with Crippen LogP contribution in [0.2, 0.25) is 0 Å². The number of aryl methyl sites for hydroxylation is 1. The molecule has 1 heterocycles. The Morgan fingerprint density at radius 2 is 2.00 bits per heavy atom. The monoisotopic (exact) mass is 382 g/mol. The molecular weight excluding hydrogens is 364 g/mol. The lowest BCUT2D eigenvalue weighted by Gasteiger charge is -2.09. The van der Waals surface area contributed by atoms with Crippen molar-refractivity contribution in [2.45, 2.75) is 10.1 Å². The summed E-state index contributed by atoms with van der Waals surface area (Å²) in [5.41, 5.74) is 6.22. The van der Waals surface area contributed by atoms with Crippen LogP contribution < -0.4 is 15.8 Å². The molecule has 0 unspecified atom stereocenters. The van der Waals surface area contributed by atoms with Gasteiger partial charge in [0, 0.05) is 35.6 Å². The number of anilines is 1. The van der Waals surface area contributed by atoms with Crippen molar-refractivity contribution in [1.29, 1.82) is 0 Å². The predicted molar refractivity (Wildman–Crippen MR) is 103 cm³/mol. The second kappa shape index (κ2) is 8.41. The van der Waals surface area contributed by atoms with Gasteiger partial charge in [0.1, 0.15) is 5.75 Å². The van der Waals surface area contributed by atoms with E-state index in [-0.39, 0.29) is 12.5 Å². The maximum absolute atomic E-state index is 12.0. The first-order valence-electron chi connectivity index (χ1n) is 8.09. The summed E-state index contributed by atoms with van der Waals surface area (Å²) in [5, 5.41) is 3.65. The lowest BCUT2D eigenvalue weighted by molar-refractivity contribution is -0.118. The van der Waals surface area contributed by atoms with Crippen molar-refractivity contribution < 1.29 is 14.3 Å². The van der Waals surface area contributed by atoms with Gasteiger partial charge in [0.2, 0.25) is 5.91 Å². The zero-order valence-corrected chi connectivity index (χ0v) is 15.4. The van der Waals surface area contributed by atoms with Crippen molar-refractivity contribution in [1.82, 2.24) is 9.55 Å². The molecular formula is C19H18N4O3S. The minimum Gasteiger partial charge on any atom is -0.484 e. The van der Waals surface area contributed by atoms with Gasteiger partial charge in [-0.3, -0.25) is 9.59 Å². The van der Waals surface area contributed by atoms with Gasteiger partial charge in [0.15, 0.2) is 11.8 Å². The van der Waals surface area contributed by atoms with Gasteiger partial charge in [-0.1, -0.05) is 17.8 Å². The minimum atomic E-state index is -0.548. The molecule has 2 amide bonds. The highest BCUT2D eigenvalue weighted by Gasteiger charge is 2.07. The molecule has 27 heavy (non-hydrogen) atoms. The molecule has 1 aromatic heterocycles. The molecule has 0 radical (unpaired) electrons. The van der Waals surface area contributed by atoms with E-state index >= 15 is 0 Å². The summed E-state index contributed by atoms with van der Waals surface area (Å²) in [6, 6.07) is 13.8. The first-order valence-corrected chi connectivity index (χ1v) is 8.90. The van der Waals surface area contributed by atoms with Crippen LogP contribution in [0.15, 0.2) is 71.0 Å². The quantitative estimate of drug-likeness (QED) is 0.654. The number of imidazole rings is 1. The molecule has 3 aromatic rings. The number of carbonyl (C=O) groups excluding carboxylic acids is 2. The number of nitrogens with one attached hydrogen (secondary N) is 1. The fourth-order valence-corrected chi connectivity index (χ4v) is 3.05. The average Bonchev–Trinajstić information content (AvgIpc) is 3.06. The third kappa shape index (κ3) is 5.11. The number of nitrogens with two attached hydrogens (primary N) is 1. The molecule has 0 aliphatic carbocycles. The van der Waals surface area contributed by atoms with E-state index in [0.29, 0.717) is 17.0 Å². The van der Waals surface area contributed by atoms with Gasteiger partial charge in [-0.2, -0.15) is 0 Å². The molecule has 3 rings (SSSR count). The molecule has 0 saturated heterocycles. The minimum absolute atomic E-state index is 0.175. The average molecular weight is 382 g/mol. The van der Waals surface area contributed by atoms with Crippen molar-refractivity contribution in [3.63, 3.8) is 0 Å². The van der Waals surface area contributed by atoms with E-state index < -0.39 is 5.91 Å². The lowest BCUT2D eigenvalue weighted by Crippen LogP contribution is -2.20. The highest BCUT2D eigenvalue weighted by atomic mass is 32.2. The Kier molecular flexibility index (Phi) is 5.77. The second-order valence-corrected chi connectivity index (χ2v) is 6.72. The molecule has 8 heteroatoms. The van der Waals surface area contributed by atoms with Crippen LogP contribution >= 0.6 is 11.8 Å². The highest BCUT2D eigenvalue weighted by molar-refractivity contribution is 7.99. The molecule has 7 nitrogen and oxygen atoms in total. The van der Waals surface area contributed by atoms with Gasteiger partial charge in [0.25, 0.3) is 5.91 Å². The van der Waals surface area contributed by atoms with E-state index in [2.05, 4.69) is 10.3 Å². The third-order valence-corrected chi connectivity index (χ3v) is 4.70. The van der Waals surface area contributed by atoms with Gasteiger partial charge in [0.05, 0.1) is 0 Å². The molecule has 0 saturated carbocycles. The number of ether oxygens (including phenoxy) is 1. The van der Waals surface area contributed by atoms with Crippen molar-refractivity contribution in [3.8, 4) is 5.75 Å². The van der Waals surface area contributed by atoms with Crippen molar-refractivity contribution in [2.24, 2.45) is 12.8 Å². The van der Waals surface area contributed by atoms with Crippen LogP contribution in [0.4, 0.5) is 5.69 Å². The summed E-state index contributed by atoms with van der Waals surface area (Å²) in [4.78, 5) is 28.5. The molecule has 0 bridgehead atoms. The molecule has 0 fully saturated rings. The summed E-state index contributed by atoms with van der Waals surface area (Å²) >= 11 is 1.54. The number of hydrogen-bond donors (Lipinski definition) is 2. The van der Waals surface area contributed by atoms with Gasteiger partial charge in [-0.15, -0.1) is 0 Å². The smallest absolute Gasteiger partial charge is 0.262 e. The third-order valence-electron chi connectivity index (χ3n) is 3.61. The van der Waals surface area contributed by atoms with Crippen LogP contribution in [-0.4, -0.2) is 28.0 Å². The molecule has 0 spiro atoms. The van der Waals surface area contributed by atoms with Crippen LogP contribution in [-0.2, 0) is 11.8 Å². The number of aromatic nitrogens is 2. The maximum Gasteiger partial charge on any atom is 0.262 e. The summed E-state index contributed by atoms with van der Waals surface area (Å²) in [6.07, 6.45) is 3.63. The lowest BCUT2D eigenvalue weighted by atomic mass is 10.2.